The number of thiophene rings is 1. The highest BCUT2D eigenvalue weighted by Crippen LogP contribution is 2.23. The van der Waals surface area contributed by atoms with Crippen LogP contribution in [0.3, 0.4) is 0 Å². The molecule has 0 fully saturated rings. The van der Waals surface area contributed by atoms with Gasteiger partial charge >= 0.3 is 5.97 Å². The van der Waals surface area contributed by atoms with Gasteiger partial charge in [0.15, 0.2) is 0 Å². The van der Waals surface area contributed by atoms with Gasteiger partial charge in [0, 0.05) is 25.0 Å². The smallest absolute Gasteiger partial charge is 0.348 e. The molecule has 6 nitrogen and oxygen atoms in total. The summed E-state index contributed by atoms with van der Waals surface area (Å²) in [7, 11) is -2.44. The quantitative estimate of drug-likeness (QED) is 0.681. The van der Waals surface area contributed by atoms with Crippen LogP contribution in [0.5, 0.6) is 0 Å². The molecular weight excluding hydrogens is 384 g/mol. The summed E-state index contributed by atoms with van der Waals surface area (Å²) in [6.45, 7) is 0.771. The molecule has 2 N–H and O–H groups in total. The van der Waals surface area contributed by atoms with Crippen molar-refractivity contribution in [2.75, 3.05) is 26.7 Å². The molecule has 1 heterocycles. The summed E-state index contributed by atoms with van der Waals surface area (Å²) >= 11 is 1.05. The van der Waals surface area contributed by atoms with Gasteiger partial charge in [-0.2, -0.15) is 4.31 Å². The maximum Gasteiger partial charge on any atom is 0.348 e. The van der Waals surface area contributed by atoms with E-state index in [0.717, 1.165) is 16.9 Å². The van der Waals surface area contributed by atoms with Crippen molar-refractivity contribution in [1.82, 2.24) is 4.31 Å². The van der Waals surface area contributed by atoms with Crippen molar-refractivity contribution >= 4 is 39.7 Å². The van der Waals surface area contributed by atoms with Crippen LogP contribution in [0.25, 0.3) is 0 Å². The first-order valence-corrected chi connectivity index (χ1v) is 9.72. The highest BCUT2D eigenvalue weighted by molar-refractivity contribution is 7.89. The standard InChI is InChI=1S/C16H20N2O4S2.ClH/c1-22-16(19)15-11-14(12-23-15)24(20,21)18(10-8-17)9-7-13-5-3-2-4-6-13;/h2-6,11-12H,7-10,17H2,1H3;1H. The first-order chi connectivity index (χ1) is 11.5. The molecule has 0 saturated carbocycles. The average Bonchev–Trinajstić information content (AvgIpc) is 3.09. The normalized spacial score (nSPS) is 11.2. The number of ether oxygens (including phenoxy) is 1. The van der Waals surface area contributed by atoms with Gasteiger partial charge in [-0.15, -0.1) is 23.7 Å². The zero-order chi connectivity index (χ0) is 17.6. The van der Waals surface area contributed by atoms with Gasteiger partial charge in [0.25, 0.3) is 0 Å². The second-order valence-corrected chi connectivity index (χ2v) is 7.92. The molecule has 25 heavy (non-hydrogen) atoms. The number of hydrogen-bond acceptors (Lipinski definition) is 6. The number of nitrogens with zero attached hydrogens (tertiary/aromatic N) is 1. The zero-order valence-corrected chi connectivity index (χ0v) is 16.2. The molecule has 0 aliphatic rings. The van der Waals surface area contributed by atoms with Crippen LogP contribution in [0.1, 0.15) is 15.2 Å². The molecule has 0 spiro atoms. The van der Waals surface area contributed by atoms with Gasteiger partial charge in [-0.3, -0.25) is 0 Å². The van der Waals surface area contributed by atoms with Gasteiger partial charge in [0.05, 0.1) is 12.0 Å². The maximum atomic E-state index is 12.8. The first kappa shape index (κ1) is 21.6. The lowest BCUT2D eigenvalue weighted by Crippen LogP contribution is -2.36. The van der Waals surface area contributed by atoms with Crippen LogP contribution in [-0.4, -0.2) is 45.4 Å². The zero-order valence-electron chi connectivity index (χ0n) is 13.8. The summed E-state index contributed by atoms with van der Waals surface area (Å²) in [4.78, 5) is 11.9. The fourth-order valence-electron chi connectivity index (χ4n) is 2.21. The Labute approximate surface area is 158 Å². The number of carbonyl (C=O) groups excluding carboxylic acids is 1. The molecule has 1 aromatic carbocycles. The lowest BCUT2D eigenvalue weighted by molar-refractivity contribution is 0.0606. The van der Waals surface area contributed by atoms with E-state index in [1.807, 2.05) is 30.3 Å². The number of benzene rings is 1. The van der Waals surface area contributed by atoms with Crippen LogP contribution >= 0.6 is 23.7 Å². The molecule has 2 aromatic rings. The molecule has 0 unspecified atom stereocenters. The van der Waals surface area contributed by atoms with E-state index in [0.29, 0.717) is 13.0 Å². The van der Waals surface area contributed by atoms with E-state index in [-0.39, 0.29) is 35.3 Å². The molecule has 0 atom stereocenters. The van der Waals surface area contributed by atoms with Crippen molar-refractivity contribution in [2.24, 2.45) is 5.73 Å². The SMILES string of the molecule is COC(=O)c1cc(S(=O)(=O)N(CCN)CCc2ccccc2)cs1.Cl. The number of hydrogen-bond donors (Lipinski definition) is 1. The third-order valence-electron chi connectivity index (χ3n) is 3.47. The predicted octanol–water partition coefficient (Wildman–Crippen LogP) is 2.15. The molecule has 0 bridgehead atoms. The van der Waals surface area contributed by atoms with Gasteiger partial charge in [0.2, 0.25) is 10.0 Å². The molecular formula is C16H21ClN2O4S2. The highest BCUT2D eigenvalue weighted by Gasteiger charge is 2.26. The van der Waals surface area contributed by atoms with Crippen LogP contribution in [0, 0.1) is 0 Å². The minimum absolute atomic E-state index is 0. The molecule has 0 saturated heterocycles. The predicted molar refractivity (Wildman–Crippen MR) is 101 cm³/mol. The van der Waals surface area contributed by atoms with E-state index in [1.165, 1.54) is 22.9 Å². The largest absolute Gasteiger partial charge is 0.465 e. The van der Waals surface area contributed by atoms with Crippen molar-refractivity contribution in [3.63, 3.8) is 0 Å². The number of esters is 1. The molecule has 138 valence electrons. The lowest BCUT2D eigenvalue weighted by atomic mass is 10.1. The Morgan fingerprint density at radius 1 is 1.24 bits per heavy atom. The molecule has 1 aromatic heterocycles. The highest BCUT2D eigenvalue weighted by atomic mass is 35.5. The molecule has 0 radical (unpaired) electrons. The van der Waals surface area contributed by atoms with Crippen molar-refractivity contribution in [1.29, 1.82) is 0 Å². The van der Waals surface area contributed by atoms with E-state index in [4.69, 9.17) is 5.73 Å². The summed E-state index contributed by atoms with van der Waals surface area (Å²) in [6, 6.07) is 11.0. The van der Waals surface area contributed by atoms with E-state index in [1.54, 1.807) is 0 Å². The second-order valence-electron chi connectivity index (χ2n) is 5.07. The summed E-state index contributed by atoms with van der Waals surface area (Å²) in [5, 5.41) is 1.45. The Morgan fingerprint density at radius 2 is 1.92 bits per heavy atom. The summed E-state index contributed by atoms with van der Waals surface area (Å²) in [6.07, 6.45) is 0.591. The van der Waals surface area contributed by atoms with E-state index >= 15 is 0 Å². The summed E-state index contributed by atoms with van der Waals surface area (Å²) < 4.78 is 31.6. The van der Waals surface area contributed by atoms with Crippen LogP contribution in [-0.2, 0) is 21.2 Å². The Kier molecular flexibility index (Phi) is 8.54. The van der Waals surface area contributed by atoms with Crippen LogP contribution in [0.15, 0.2) is 46.7 Å². The Morgan fingerprint density at radius 3 is 2.52 bits per heavy atom. The Bertz CT molecular complexity index is 778. The Balaban J connectivity index is 0.00000312. The number of rotatable bonds is 8. The summed E-state index contributed by atoms with van der Waals surface area (Å²) in [5.74, 6) is -0.545. The number of sulfonamides is 1. The second kappa shape index (κ2) is 9.88. The molecule has 9 heteroatoms. The number of halogens is 1. The molecule has 2 rings (SSSR count). The topological polar surface area (TPSA) is 89.7 Å². The van der Waals surface area contributed by atoms with Gasteiger partial charge < -0.3 is 10.5 Å². The fraction of sp³-hybridized carbons (Fsp3) is 0.312. The van der Waals surface area contributed by atoms with E-state index in [9.17, 15) is 13.2 Å². The van der Waals surface area contributed by atoms with Gasteiger partial charge in [-0.25, -0.2) is 13.2 Å². The van der Waals surface area contributed by atoms with Gasteiger partial charge in [-0.05, 0) is 18.1 Å². The fourth-order valence-corrected chi connectivity index (χ4v) is 4.84. The average molecular weight is 405 g/mol. The minimum atomic E-state index is -3.70. The third-order valence-corrected chi connectivity index (χ3v) is 6.41. The van der Waals surface area contributed by atoms with Crippen LogP contribution < -0.4 is 5.73 Å². The minimum Gasteiger partial charge on any atom is -0.465 e. The molecule has 0 aliphatic heterocycles. The summed E-state index contributed by atoms with van der Waals surface area (Å²) in [5.41, 5.74) is 6.62. The Hall–Kier alpha value is -1.45. The van der Waals surface area contributed by atoms with Crippen LogP contribution in [0.4, 0.5) is 0 Å². The number of nitrogens with two attached hydrogens (primary N) is 1. The lowest BCUT2D eigenvalue weighted by Gasteiger charge is -2.21. The maximum absolute atomic E-state index is 12.8. The monoisotopic (exact) mass is 404 g/mol. The van der Waals surface area contributed by atoms with E-state index in [2.05, 4.69) is 4.74 Å². The van der Waals surface area contributed by atoms with Gasteiger partial charge in [-0.1, -0.05) is 30.3 Å². The molecule has 0 aliphatic carbocycles. The first-order valence-electron chi connectivity index (χ1n) is 7.40. The van der Waals surface area contributed by atoms with Crippen molar-refractivity contribution < 1.29 is 17.9 Å². The van der Waals surface area contributed by atoms with Gasteiger partial charge in [0.1, 0.15) is 4.88 Å². The van der Waals surface area contributed by atoms with Crippen molar-refractivity contribution in [3.05, 3.63) is 52.2 Å². The number of carbonyl (C=O) groups is 1. The van der Waals surface area contributed by atoms with Crippen LogP contribution in [0.2, 0.25) is 0 Å². The van der Waals surface area contributed by atoms with Crippen molar-refractivity contribution in [3.8, 4) is 0 Å². The van der Waals surface area contributed by atoms with Crippen molar-refractivity contribution in [2.45, 2.75) is 11.3 Å². The third kappa shape index (κ3) is 5.52. The number of methoxy groups -OCH3 is 1. The molecule has 0 amide bonds. The van der Waals surface area contributed by atoms with E-state index < -0.39 is 16.0 Å².